The van der Waals surface area contributed by atoms with Gasteiger partial charge in [0, 0.05) is 13.0 Å². The number of benzene rings is 1. The fraction of sp³-hybridized carbons (Fsp3) is 0.526. The van der Waals surface area contributed by atoms with Gasteiger partial charge in [0.05, 0.1) is 12.0 Å². The number of nitrogens with zero attached hydrogens (tertiary/aromatic N) is 3. The van der Waals surface area contributed by atoms with Crippen LogP contribution in [0.5, 0.6) is 0 Å². The lowest BCUT2D eigenvalue weighted by atomic mass is 9.64. The molecule has 126 valence electrons. The molecule has 1 amide bonds. The van der Waals surface area contributed by atoms with E-state index in [1.54, 1.807) is 0 Å². The second-order valence-corrected chi connectivity index (χ2v) is 6.98. The number of carbonyl (C=O) groups excluding carboxylic acids is 1. The van der Waals surface area contributed by atoms with E-state index in [2.05, 4.69) is 32.2 Å². The van der Waals surface area contributed by atoms with Gasteiger partial charge in [0.25, 0.3) is 0 Å². The van der Waals surface area contributed by atoms with Gasteiger partial charge in [0.15, 0.2) is 5.82 Å². The van der Waals surface area contributed by atoms with Gasteiger partial charge in [-0.15, -0.1) is 10.2 Å². The number of aromatic nitrogens is 3. The van der Waals surface area contributed by atoms with Crippen LogP contribution >= 0.6 is 0 Å². The minimum absolute atomic E-state index is 0.130. The number of hydrogen-bond acceptors (Lipinski definition) is 3. The van der Waals surface area contributed by atoms with Crippen LogP contribution < -0.4 is 5.32 Å². The molecule has 4 rings (SSSR count). The molecule has 0 bridgehead atoms. The molecule has 0 radical (unpaired) electrons. The molecule has 24 heavy (non-hydrogen) atoms. The van der Waals surface area contributed by atoms with Gasteiger partial charge in [0.1, 0.15) is 5.82 Å². The summed E-state index contributed by atoms with van der Waals surface area (Å²) in [6, 6.07) is 10.2. The molecule has 2 aliphatic rings. The van der Waals surface area contributed by atoms with Gasteiger partial charge in [-0.2, -0.15) is 0 Å². The van der Waals surface area contributed by atoms with Crippen molar-refractivity contribution in [2.24, 2.45) is 0 Å². The summed E-state index contributed by atoms with van der Waals surface area (Å²) in [5.41, 5.74) is 0.789. The van der Waals surface area contributed by atoms with Crippen molar-refractivity contribution in [2.75, 3.05) is 0 Å². The molecular weight excluding hydrogens is 300 g/mol. The van der Waals surface area contributed by atoms with Crippen molar-refractivity contribution in [1.82, 2.24) is 20.1 Å². The molecule has 5 heteroatoms. The Hall–Kier alpha value is -2.17. The molecule has 0 saturated heterocycles. The summed E-state index contributed by atoms with van der Waals surface area (Å²) >= 11 is 0. The van der Waals surface area contributed by atoms with Crippen LogP contribution in [0.2, 0.25) is 0 Å². The molecule has 0 atom stereocenters. The maximum absolute atomic E-state index is 12.9. The normalized spacial score (nSPS) is 19.0. The first-order chi connectivity index (χ1) is 11.8. The van der Waals surface area contributed by atoms with E-state index in [1.807, 2.05) is 18.2 Å². The highest BCUT2D eigenvalue weighted by Crippen LogP contribution is 2.43. The zero-order valence-corrected chi connectivity index (χ0v) is 14.0. The molecule has 0 spiro atoms. The van der Waals surface area contributed by atoms with E-state index >= 15 is 0 Å². The Morgan fingerprint density at radius 3 is 2.67 bits per heavy atom. The summed E-state index contributed by atoms with van der Waals surface area (Å²) in [7, 11) is 0. The van der Waals surface area contributed by atoms with Gasteiger partial charge in [-0.3, -0.25) is 4.79 Å². The van der Waals surface area contributed by atoms with E-state index in [0.717, 1.165) is 49.4 Å². The van der Waals surface area contributed by atoms with Crippen molar-refractivity contribution < 1.29 is 4.79 Å². The van der Waals surface area contributed by atoms with Crippen molar-refractivity contribution in [3.63, 3.8) is 0 Å². The predicted octanol–water partition coefficient (Wildman–Crippen LogP) is 2.74. The van der Waals surface area contributed by atoms with E-state index in [4.69, 9.17) is 0 Å². The van der Waals surface area contributed by atoms with Gasteiger partial charge in [0.2, 0.25) is 5.91 Å². The minimum Gasteiger partial charge on any atom is -0.348 e. The minimum atomic E-state index is -0.344. The van der Waals surface area contributed by atoms with E-state index in [0.29, 0.717) is 6.54 Å². The molecule has 0 unspecified atom stereocenters. The van der Waals surface area contributed by atoms with Crippen LogP contribution in [0.4, 0.5) is 0 Å². The standard InChI is InChI=1S/C19H24N4O/c24-18(19(11-7-12-19)15-8-3-1-4-9-15)20-14-17-22-21-16-10-5-2-6-13-23(16)17/h1,3-4,8-9H,2,5-7,10-14H2,(H,20,24). The summed E-state index contributed by atoms with van der Waals surface area (Å²) < 4.78 is 2.20. The van der Waals surface area contributed by atoms with Crippen molar-refractivity contribution >= 4 is 5.91 Å². The van der Waals surface area contributed by atoms with Crippen LogP contribution in [0.15, 0.2) is 30.3 Å². The van der Waals surface area contributed by atoms with Gasteiger partial charge < -0.3 is 9.88 Å². The van der Waals surface area contributed by atoms with Gasteiger partial charge in [-0.05, 0) is 31.2 Å². The fourth-order valence-electron chi connectivity index (χ4n) is 3.94. The number of aryl methyl sites for hydroxylation is 1. The van der Waals surface area contributed by atoms with E-state index in [-0.39, 0.29) is 11.3 Å². The highest BCUT2D eigenvalue weighted by atomic mass is 16.2. The molecule has 2 aromatic rings. The Labute approximate surface area is 142 Å². The molecule has 1 aromatic heterocycles. The topological polar surface area (TPSA) is 59.8 Å². The first kappa shape index (κ1) is 15.4. The first-order valence-electron chi connectivity index (χ1n) is 9.04. The molecule has 1 aliphatic carbocycles. The Balaban J connectivity index is 1.48. The Morgan fingerprint density at radius 1 is 1.08 bits per heavy atom. The largest absolute Gasteiger partial charge is 0.348 e. The summed E-state index contributed by atoms with van der Waals surface area (Å²) in [5.74, 6) is 2.09. The molecule has 1 aromatic carbocycles. The van der Waals surface area contributed by atoms with Crippen molar-refractivity contribution in [1.29, 1.82) is 0 Å². The third kappa shape index (κ3) is 2.62. The lowest BCUT2D eigenvalue weighted by Gasteiger charge is -2.40. The van der Waals surface area contributed by atoms with E-state index < -0.39 is 0 Å². The van der Waals surface area contributed by atoms with Crippen LogP contribution in [-0.4, -0.2) is 20.7 Å². The Kier molecular flexibility index (Phi) is 4.08. The predicted molar refractivity (Wildman–Crippen MR) is 91.4 cm³/mol. The lowest BCUT2D eigenvalue weighted by Crippen LogP contribution is -2.49. The maximum Gasteiger partial charge on any atom is 0.231 e. The average Bonchev–Trinajstić information content (AvgIpc) is 2.79. The number of rotatable bonds is 4. The highest BCUT2D eigenvalue weighted by Gasteiger charge is 2.45. The SMILES string of the molecule is O=C(NCc1nnc2n1CCCCC2)C1(c2ccccc2)CCC1. The van der Waals surface area contributed by atoms with Crippen molar-refractivity contribution in [2.45, 2.75) is 63.5 Å². The average molecular weight is 324 g/mol. The maximum atomic E-state index is 12.9. The third-order valence-electron chi connectivity index (χ3n) is 5.56. The third-order valence-corrected chi connectivity index (χ3v) is 5.56. The molecule has 1 saturated carbocycles. The summed E-state index contributed by atoms with van der Waals surface area (Å²) in [6.07, 6.45) is 7.56. The number of nitrogens with one attached hydrogen (secondary N) is 1. The molecular formula is C19H24N4O. The van der Waals surface area contributed by atoms with Gasteiger partial charge >= 0.3 is 0 Å². The van der Waals surface area contributed by atoms with Crippen molar-refractivity contribution in [3.05, 3.63) is 47.5 Å². The zero-order chi connectivity index (χ0) is 16.4. The first-order valence-corrected chi connectivity index (χ1v) is 9.04. The van der Waals surface area contributed by atoms with Gasteiger partial charge in [-0.1, -0.05) is 43.2 Å². The molecule has 1 aliphatic heterocycles. The zero-order valence-electron chi connectivity index (χ0n) is 14.0. The monoisotopic (exact) mass is 324 g/mol. The number of hydrogen-bond donors (Lipinski definition) is 1. The summed E-state index contributed by atoms with van der Waals surface area (Å²) in [5, 5.41) is 11.8. The lowest BCUT2D eigenvalue weighted by molar-refractivity contribution is -0.130. The highest BCUT2D eigenvalue weighted by molar-refractivity contribution is 5.89. The smallest absolute Gasteiger partial charge is 0.231 e. The van der Waals surface area contributed by atoms with Crippen LogP contribution in [0, 0.1) is 0 Å². The van der Waals surface area contributed by atoms with Crippen LogP contribution in [0.25, 0.3) is 0 Å². The molecule has 1 fully saturated rings. The molecule has 1 N–H and O–H groups in total. The second-order valence-electron chi connectivity index (χ2n) is 6.98. The molecule has 5 nitrogen and oxygen atoms in total. The quantitative estimate of drug-likeness (QED) is 0.941. The van der Waals surface area contributed by atoms with Crippen LogP contribution in [0.3, 0.4) is 0 Å². The van der Waals surface area contributed by atoms with Crippen LogP contribution in [-0.2, 0) is 29.7 Å². The number of carbonyl (C=O) groups is 1. The second kappa shape index (κ2) is 6.38. The number of amides is 1. The summed E-state index contributed by atoms with van der Waals surface area (Å²) in [4.78, 5) is 12.9. The van der Waals surface area contributed by atoms with Gasteiger partial charge in [-0.25, -0.2) is 0 Å². The molecule has 2 heterocycles. The number of fused-ring (bicyclic) bond motifs is 1. The Bertz CT molecular complexity index is 718. The van der Waals surface area contributed by atoms with E-state index in [1.165, 1.54) is 19.3 Å². The van der Waals surface area contributed by atoms with Crippen molar-refractivity contribution in [3.8, 4) is 0 Å². The van der Waals surface area contributed by atoms with Crippen LogP contribution in [0.1, 0.15) is 55.7 Å². The van der Waals surface area contributed by atoms with E-state index in [9.17, 15) is 4.79 Å². The summed E-state index contributed by atoms with van der Waals surface area (Å²) in [6.45, 7) is 1.44. The fourth-order valence-corrected chi connectivity index (χ4v) is 3.94. The Morgan fingerprint density at radius 2 is 1.92 bits per heavy atom.